The van der Waals surface area contributed by atoms with Crippen LogP contribution in [0, 0.1) is 0 Å². The third kappa shape index (κ3) is 4.62. The topological polar surface area (TPSA) is 15.3 Å². The molecular formula is C15H25BrN2. The Bertz CT molecular complexity index is 346. The average Bonchev–Trinajstić information content (AvgIpc) is 2.37. The Morgan fingerprint density at radius 3 is 2.28 bits per heavy atom. The van der Waals surface area contributed by atoms with Crippen LogP contribution in [0.1, 0.15) is 39.2 Å². The fourth-order valence-electron chi connectivity index (χ4n) is 2.05. The van der Waals surface area contributed by atoms with Gasteiger partial charge in [0.05, 0.1) is 0 Å². The summed E-state index contributed by atoms with van der Waals surface area (Å²) in [6.45, 7) is 10.8. The van der Waals surface area contributed by atoms with Crippen LogP contribution in [-0.4, -0.2) is 19.6 Å². The smallest absolute Gasteiger partial charge is 0.0377 e. The highest BCUT2D eigenvalue weighted by atomic mass is 79.9. The summed E-state index contributed by atoms with van der Waals surface area (Å²) < 4.78 is 1.21. The summed E-state index contributed by atoms with van der Waals surface area (Å²) in [5.74, 6) is 0. The fraction of sp³-hybridized carbons (Fsp3) is 0.600. The Kier molecular flexibility index (Phi) is 7.36. The molecule has 1 rings (SSSR count). The Labute approximate surface area is 120 Å². The third-order valence-electron chi connectivity index (χ3n) is 2.95. The van der Waals surface area contributed by atoms with E-state index in [9.17, 15) is 0 Å². The van der Waals surface area contributed by atoms with Crippen LogP contribution >= 0.6 is 15.9 Å². The SMILES string of the molecule is CCCN(CCC)c1ccc(CNCC)c(Br)c1. The van der Waals surface area contributed by atoms with E-state index in [1.807, 2.05) is 0 Å². The molecule has 0 heterocycles. The monoisotopic (exact) mass is 312 g/mol. The minimum atomic E-state index is 0.929. The number of anilines is 1. The van der Waals surface area contributed by atoms with Gasteiger partial charge in [-0.15, -0.1) is 0 Å². The van der Waals surface area contributed by atoms with Crippen LogP contribution in [0.15, 0.2) is 22.7 Å². The molecule has 0 aliphatic heterocycles. The predicted molar refractivity (Wildman–Crippen MR) is 84.3 cm³/mol. The van der Waals surface area contributed by atoms with Gasteiger partial charge in [0.2, 0.25) is 0 Å². The lowest BCUT2D eigenvalue weighted by molar-refractivity contribution is 0.722. The highest BCUT2D eigenvalue weighted by Gasteiger charge is 2.07. The van der Waals surface area contributed by atoms with Gasteiger partial charge >= 0.3 is 0 Å². The lowest BCUT2D eigenvalue weighted by Crippen LogP contribution is -2.24. The second-order valence-electron chi connectivity index (χ2n) is 4.54. The number of nitrogens with zero attached hydrogens (tertiary/aromatic N) is 1. The standard InChI is InChI=1S/C15H25BrN2/c1-4-9-18(10-5-2)14-8-7-13(12-17-6-3)15(16)11-14/h7-8,11,17H,4-6,9-10,12H2,1-3H3. The molecule has 0 amide bonds. The molecule has 0 aromatic heterocycles. The van der Waals surface area contributed by atoms with Crippen LogP contribution in [0.5, 0.6) is 0 Å². The quantitative estimate of drug-likeness (QED) is 0.774. The minimum Gasteiger partial charge on any atom is -0.372 e. The van der Waals surface area contributed by atoms with Crippen molar-refractivity contribution in [2.75, 3.05) is 24.5 Å². The molecule has 1 aromatic rings. The lowest BCUT2D eigenvalue weighted by Gasteiger charge is -2.24. The normalized spacial score (nSPS) is 10.7. The third-order valence-corrected chi connectivity index (χ3v) is 3.69. The molecule has 0 radical (unpaired) electrons. The fourth-order valence-corrected chi connectivity index (χ4v) is 2.55. The minimum absolute atomic E-state index is 0.929. The van der Waals surface area contributed by atoms with Crippen molar-refractivity contribution < 1.29 is 0 Å². The van der Waals surface area contributed by atoms with Gasteiger partial charge < -0.3 is 10.2 Å². The first-order valence-corrected chi connectivity index (χ1v) is 7.76. The van der Waals surface area contributed by atoms with Crippen molar-refractivity contribution in [3.63, 3.8) is 0 Å². The first-order valence-electron chi connectivity index (χ1n) is 6.97. The zero-order valence-electron chi connectivity index (χ0n) is 11.8. The predicted octanol–water partition coefficient (Wildman–Crippen LogP) is 4.19. The summed E-state index contributed by atoms with van der Waals surface area (Å²) in [7, 11) is 0. The number of halogens is 1. The van der Waals surface area contributed by atoms with Gasteiger partial charge in [-0.05, 0) is 37.1 Å². The van der Waals surface area contributed by atoms with Gasteiger partial charge in [-0.25, -0.2) is 0 Å². The molecular weight excluding hydrogens is 288 g/mol. The zero-order chi connectivity index (χ0) is 13.4. The van der Waals surface area contributed by atoms with Crippen molar-refractivity contribution in [2.45, 2.75) is 40.2 Å². The van der Waals surface area contributed by atoms with Crippen LogP contribution < -0.4 is 10.2 Å². The van der Waals surface area contributed by atoms with Gasteiger partial charge in [-0.3, -0.25) is 0 Å². The van der Waals surface area contributed by atoms with Crippen molar-refractivity contribution in [1.82, 2.24) is 5.32 Å². The molecule has 1 aromatic carbocycles. The Morgan fingerprint density at radius 2 is 1.78 bits per heavy atom. The molecule has 0 aliphatic rings. The van der Waals surface area contributed by atoms with Crippen molar-refractivity contribution in [3.8, 4) is 0 Å². The van der Waals surface area contributed by atoms with Crippen molar-refractivity contribution in [2.24, 2.45) is 0 Å². The van der Waals surface area contributed by atoms with Gasteiger partial charge in [-0.1, -0.05) is 42.8 Å². The van der Waals surface area contributed by atoms with E-state index in [2.05, 4.69) is 65.1 Å². The molecule has 18 heavy (non-hydrogen) atoms. The summed E-state index contributed by atoms with van der Waals surface area (Å²) in [4.78, 5) is 2.46. The largest absolute Gasteiger partial charge is 0.372 e. The van der Waals surface area contributed by atoms with E-state index in [1.165, 1.54) is 28.6 Å². The Morgan fingerprint density at radius 1 is 1.11 bits per heavy atom. The molecule has 1 N–H and O–H groups in total. The van der Waals surface area contributed by atoms with E-state index in [0.717, 1.165) is 26.2 Å². The molecule has 0 aliphatic carbocycles. The summed E-state index contributed by atoms with van der Waals surface area (Å²) in [5, 5.41) is 3.36. The summed E-state index contributed by atoms with van der Waals surface area (Å²) in [6.07, 6.45) is 2.38. The Hall–Kier alpha value is -0.540. The highest BCUT2D eigenvalue weighted by molar-refractivity contribution is 9.10. The zero-order valence-corrected chi connectivity index (χ0v) is 13.4. The number of hydrogen-bond donors (Lipinski definition) is 1. The number of nitrogens with one attached hydrogen (secondary N) is 1. The van der Waals surface area contributed by atoms with Gasteiger partial charge in [0.1, 0.15) is 0 Å². The Balaban J connectivity index is 2.79. The van der Waals surface area contributed by atoms with E-state index < -0.39 is 0 Å². The van der Waals surface area contributed by atoms with Gasteiger partial charge in [0, 0.05) is 29.8 Å². The lowest BCUT2D eigenvalue weighted by atomic mass is 10.2. The molecule has 0 fully saturated rings. The maximum absolute atomic E-state index is 3.68. The first kappa shape index (κ1) is 15.5. The van der Waals surface area contributed by atoms with Crippen molar-refractivity contribution in [1.29, 1.82) is 0 Å². The van der Waals surface area contributed by atoms with Crippen LogP contribution in [-0.2, 0) is 6.54 Å². The van der Waals surface area contributed by atoms with Crippen molar-refractivity contribution in [3.05, 3.63) is 28.2 Å². The van der Waals surface area contributed by atoms with E-state index in [4.69, 9.17) is 0 Å². The second-order valence-corrected chi connectivity index (χ2v) is 5.40. The molecule has 102 valence electrons. The summed E-state index contributed by atoms with van der Waals surface area (Å²) in [5.41, 5.74) is 2.65. The molecule has 2 nitrogen and oxygen atoms in total. The van der Waals surface area contributed by atoms with Gasteiger partial charge in [0.15, 0.2) is 0 Å². The second kappa shape index (κ2) is 8.54. The van der Waals surface area contributed by atoms with E-state index in [1.54, 1.807) is 0 Å². The molecule has 0 atom stereocenters. The molecule has 0 saturated heterocycles. The average molecular weight is 313 g/mol. The molecule has 0 unspecified atom stereocenters. The molecule has 0 bridgehead atoms. The van der Waals surface area contributed by atoms with Crippen LogP contribution in [0.4, 0.5) is 5.69 Å². The van der Waals surface area contributed by atoms with Gasteiger partial charge in [-0.2, -0.15) is 0 Å². The number of rotatable bonds is 8. The summed E-state index contributed by atoms with van der Waals surface area (Å²) >= 11 is 3.68. The number of hydrogen-bond acceptors (Lipinski definition) is 2. The first-order chi connectivity index (χ1) is 8.72. The molecule has 0 spiro atoms. The summed E-state index contributed by atoms with van der Waals surface area (Å²) in [6, 6.07) is 6.71. The van der Waals surface area contributed by atoms with Crippen LogP contribution in [0.2, 0.25) is 0 Å². The van der Waals surface area contributed by atoms with E-state index in [0.29, 0.717) is 0 Å². The molecule has 3 heteroatoms. The number of benzene rings is 1. The van der Waals surface area contributed by atoms with Crippen LogP contribution in [0.3, 0.4) is 0 Å². The van der Waals surface area contributed by atoms with E-state index in [-0.39, 0.29) is 0 Å². The maximum atomic E-state index is 3.68. The van der Waals surface area contributed by atoms with E-state index >= 15 is 0 Å². The van der Waals surface area contributed by atoms with Crippen LogP contribution in [0.25, 0.3) is 0 Å². The maximum Gasteiger partial charge on any atom is 0.0377 e. The highest BCUT2D eigenvalue weighted by Crippen LogP contribution is 2.24. The van der Waals surface area contributed by atoms with Gasteiger partial charge in [0.25, 0.3) is 0 Å². The van der Waals surface area contributed by atoms with Crippen molar-refractivity contribution >= 4 is 21.6 Å². The molecule has 0 saturated carbocycles.